The highest BCUT2D eigenvalue weighted by Crippen LogP contribution is 2.35. The van der Waals surface area contributed by atoms with E-state index >= 15 is 0 Å². The number of nitrogens with zero attached hydrogens (tertiary/aromatic N) is 3. The number of carbonyl (C=O) groups is 1. The van der Waals surface area contributed by atoms with Gasteiger partial charge in [-0.3, -0.25) is 14.9 Å². The van der Waals surface area contributed by atoms with Gasteiger partial charge in [0.25, 0.3) is 11.6 Å². The molecule has 4 N–H and O–H groups in total. The standard InChI is InChI=1S/C10H7F3N6O3/c11-10(12,13)4-1-2-5(6(3-4)19(21)22)15-9-7(8(14)20)16-18-17-9/h1-3H,(H2,14,20)(H2,15,16,17,18). The Hall–Kier alpha value is -3.18. The first kappa shape index (κ1) is 15.2. The number of hydrogen-bond donors (Lipinski definition) is 3. The lowest BCUT2D eigenvalue weighted by Crippen LogP contribution is -2.14. The monoisotopic (exact) mass is 316 g/mol. The Morgan fingerprint density at radius 2 is 2.05 bits per heavy atom. The number of benzene rings is 1. The van der Waals surface area contributed by atoms with Crippen LogP contribution in [0.3, 0.4) is 0 Å². The van der Waals surface area contributed by atoms with Gasteiger partial charge in [0.1, 0.15) is 5.69 Å². The first-order valence-electron chi connectivity index (χ1n) is 5.53. The number of anilines is 2. The van der Waals surface area contributed by atoms with Crippen LogP contribution in [-0.4, -0.2) is 26.2 Å². The summed E-state index contributed by atoms with van der Waals surface area (Å²) in [5, 5.41) is 22.3. The van der Waals surface area contributed by atoms with E-state index in [4.69, 9.17) is 5.73 Å². The predicted molar refractivity (Wildman–Crippen MR) is 66.3 cm³/mol. The summed E-state index contributed by atoms with van der Waals surface area (Å²) >= 11 is 0. The maximum atomic E-state index is 12.6. The van der Waals surface area contributed by atoms with Crippen molar-refractivity contribution in [1.82, 2.24) is 15.4 Å². The van der Waals surface area contributed by atoms with Crippen molar-refractivity contribution in [2.24, 2.45) is 5.73 Å². The van der Waals surface area contributed by atoms with Crippen LogP contribution in [0.5, 0.6) is 0 Å². The normalized spacial score (nSPS) is 11.2. The van der Waals surface area contributed by atoms with Crippen molar-refractivity contribution in [2.75, 3.05) is 5.32 Å². The van der Waals surface area contributed by atoms with Crippen LogP contribution in [0.2, 0.25) is 0 Å². The van der Waals surface area contributed by atoms with Crippen LogP contribution in [-0.2, 0) is 6.18 Å². The first-order chi connectivity index (χ1) is 10.2. The zero-order chi connectivity index (χ0) is 16.5. The lowest BCUT2D eigenvalue weighted by atomic mass is 10.1. The summed E-state index contributed by atoms with van der Waals surface area (Å²) in [6.07, 6.45) is -4.73. The largest absolute Gasteiger partial charge is 0.416 e. The fourth-order valence-electron chi connectivity index (χ4n) is 1.58. The number of nitrogens with two attached hydrogens (primary N) is 1. The van der Waals surface area contributed by atoms with Crippen molar-refractivity contribution in [3.05, 3.63) is 39.6 Å². The number of carbonyl (C=O) groups excluding carboxylic acids is 1. The summed E-state index contributed by atoms with van der Waals surface area (Å²) in [7, 11) is 0. The third-order valence-corrected chi connectivity index (χ3v) is 2.56. The maximum absolute atomic E-state index is 12.6. The lowest BCUT2D eigenvalue weighted by Gasteiger charge is -2.09. The Morgan fingerprint density at radius 3 is 2.59 bits per heavy atom. The lowest BCUT2D eigenvalue weighted by molar-refractivity contribution is -0.384. The Labute approximate surface area is 119 Å². The Balaban J connectivity index is 2.45. The minimum absolute atomic E-state index is 0.240. The molecule has 0 aliphatic carbocycles. The predicted octanol–water partition coefficient (Wildman–Crippen LogP) is 1.57. The van der Waals surface area contributed by atoms with E-state index in [9.17, 15) is 28.1 Å². The molecule has 0 saturated carbocycles. The number of nitro benzene ring substituents is 1. The molecule has 116 valence electrons. The molecule has 0 aliphatic rings. The van der Waals surface area contributed by atoms with Crippen LogP contribution in [0.1, 0.15) is 16.1 Å². The SMILES string of the molecule is NC(=O)c1n[nH]nc1Nc1ccc(C(F)(F)F)cc1[N+](=O)[O-]. The molecule has 1 aromatic carbocycles. The quantitative estimate of drug-likeness (QED) is 0.577. The highest BCUT2D eigenvalue weighted by atomic mass is 19.4. The highest BCUT2D eigenvalue weighted by Gasteiger charge is 2.33. The van der Waals surface area contributed by atoms with E-state index in [0.717, 1.165) is 6.07 Å². The van der Waals surface area contributed by atoms with Gasteiger partial charge in [0, 0.05) is 6.07 Å². The molecule has 9 nitrogen and oxygen atoms in total. The molecular weight excluding hydrogens is 309 g/mol. The molecule has 0 saturated heterocycles. The van der Waals surface area contributed by atoms with Gasteiger partial charge < -0.3 is 11.1 Å². The first-order valence-corrected chi connectivity index (χ1v) is 5.53. The van der Waals surface area contributed by atoms with E-state index < -0.39 is 28.3 Å². The second-order valence-corrected chi connectivity index (χ2v) is 4.00. The zero-order valence-corrected chi connectivity index (χ0v) is 10.5. The molecule has 1 heterocycles. The number of amides is 1. The van der Waals surface area contributed by atoms with E-state index in [2.05, 4.69) is 20.7 Å². The molecule has 0 unspecified atom stereocenters. The molecule has 1 amide bonds. The topological polar surface area (TPSA) is 140 Å². The molecule has 1 aromatic heterocycles. The van der Waals surface area contributed by atoms with Gasteiger partial charge in [-0.25, -0.2) is 0 Å². The van der Waals surface area contributed by atoms with Crippen molar-refractivity contribution in [3.63, 3.8) is 0 Å². The number of H-pyrrole nitrogens is 1. The van der Waals surface area contributed by atoms with Gasteiger partial charge in [0.2, 0.25) is 0 Å². The van der Waals surface area contributed by atoms with Gasteiger partial charge in [-0.1, -0.05) is 0 Å². The number of alkyl halides is 3. The summed E-state index contributed by atoms with van der Waals surface area (Å²) in [4.78, 5) is 21.0. The summed E-state index contributed by atoms with van der Waals surface area (Å²) < 4.78 is 37.7. The maximum Gasteiger partial charge on any atom is 0.416 e. The van der Waals surface area contributed by atoms with Crippen molar-refractivity contribution < 1.29 is 22.9 Å². The molecule has 12 heteroatoms. The number of nitrogens with one attached hydrogen (secondary N) is 2. The summed E-state index contributed by atoms with van der Waals surface area (Å²) in [5.74, 6) is -1.21. The van der Waals surface area contributed by atoms with Crippen LogP contribution in [0.4, 0.5) is 30.4 Å². The third kappa shape index (κ3) is 2.94. The van der Waals surface area contributed by atoms with Gasteiger partial charge >= 0.3 is 6.18 Å². The van der Waals surface area contributed by atoms with E-state index in [1.165, 1.54) is 0 Å². The number of halogens is 3. The highest BCUT2D eigenvalue weighted by molar-refractivity contribution is 5.96. The van der Waals surface area contributed by atoms with Crippen LogP contribution in [0, 0.1) is 10.1 Å². The molecule has 0 aliphatic heterocycles. The smallest absolute Gasteiger partial charge is 0.364 e. The zero-order valence-electron chi connectivity index (χ0n) is 10.5. The van der Waals surface area contributed by atoms with Crippen LogP contribution >= 0.6 is 0 Å². The fourth-order valence-corrected chi connectivity index (χ4v) is 1.58. The molecule has 0 spiro atoms. The van der Waals surface area contributed by atoms with Gasteiger partial charge in [0.05, 0.1) is 10.5 Å². The van der Waals surface area contributed by atoms with Crippen molar-refractivity contribution in [2.45, 2.75) is 6.18 Å². The number of aromatic amines is 1. The average molecular weight is 316 g/mol. The van der Waals surface area contributed by atoms with Crippen LogP contribution in [0.25, 0.3) is 0 Å². The van der Waals surface area contributed by atoms with E-state index in [0.29, 0.717) is 12.1 Å². The summed E-state index contributed by atoms with van der Waals surface area (Å²) in [6.45, 7) is 0. The van der Waals surface area contributed by atoms with Gasteiger partial charge in [-0.15, -0.1) is 10.2 Å². The van der Waals surface area contributed by atoms with Crippen LogP contribution in [0.15, 0.2) is 18.2 Å². The number of nitro groups is 1. The van der Waals surface area contributed by atoms with Gasteiger partial charge in [0.15, 0.2) is 11.5 Å². The molecule has 0 atom stereocenters. The molecule has 0 fully saturated rings. The second-order valence-electron chi connectivity index (χ2n) is 4.00. The summed E-state index contributed by atoms with van der Waals surface area (Å²) in [5.41, 5.74) is 2.35. The van der Waals surface area contributed by atoms with Gasteiger partial charge in [-0.05, 0) is 12.1 Å². The molecule has 0 bridgehead atoms. The molecule has 0 radical (unpaired) electrons. The Bertz CT molecular complexity index is 742. The second kappa shape index (κ2) is 5.31. The minimum Gasteiger partial charge on any atom is -0.364 e. The van der Waals surface area contributed by atoms with E-state index in [1.54, 1.807) is 0 Å². The molecular formula is C10H7F3N6O3. The minimum atomic E-state index is -4.73. The van der Waals surface area contributed by atoms with E-state index in [-0.39, 0.29) is 17.2 Å². The number of hydrogen-bond acceptors (Lipinski definition) is 6. The summed E-state index contributed by atoms with van der Waals surface area (Å²) in [6, 6.07) is 1.87. The van der Waals surface area contributed by atoms with Crippen molar-refractivity contribution in [3.8, 4) is 0 Å². The molecule has 2 rings (SSSR count). The fraction of sp³-hybridized carbons (Fsp3) is 0.100. The molecule has 22 heavy (non-hydrogen) atoms. The van der Waals surface area contributed by atoms with Crippen molar-refractivity contribution in [1.29, 1.82) is 0 Å². The average Bonchev–Trinajstić information content (AvgIpc) is 2.86. The Kier molecular flexibility index (Phi) is 3.67. The van der Waals surface area contributed by atoms with Crippen molar-refractivity contribution >= 4 is 23.1 Å². The number of primary amides is 1. The number of rotatable bonds is 4. The van der Waals surface area contributed by atoms with Crippen LogP contribution < -0.4 is 11.1 Å². The van der Waals surface area contributed by atoms with E-state index in [1.807, 2.05) is 0 Å². The third-order valence-electron chi connectivity index (χ3n) is 2.56. The Morgan fingerprint density at radius 1 is 1.36 bits per heavy atom. The number of aromatic nitrogens is 3. The molecule has 2 aromatic rings. The van der Waals surface area contributed by atoms with Gasteiger partial charge in [-0.2, -0.15) is 18.4 Å².